The molecule has 194 valence electrons. The van der Waals surface area contributed by atoms with E-state index in [2.05, 4.69) is 14.4 Å². The van der Waals surface area contributed by atoms with Gasteiger partial charge in [0.05, 0.1) is 5.75 Å². The molecule has 1 aliphatic carbocycles. The SMILES string of the molecule is O=C(O)CSCC1(c2ccccc2)CC1(NS(=O)(=O)C1CC=C(c2cc(C(F)(F)F)on2)S1)C(=O)O. The van der Waals surface area contributed by atoms with Crippen LogP contribution in [0.4, 0.5) is 13.2 Å². The third-order valence-electron chi connectivity index (χ3n) is 5.98. The standard InChI is InChI=1S/C21H19F3N2O7S3/c22-21(23,24)15-8-13(25-33-15)14-6-7-17(35-14)36(31,32)26-20(18(29)30)10-19(20,11-34-9-16(27)28)12-4-2-1-3-5-12/h1-6,8,17,26H,7,9-11H2,(H,27,28)(H,29,30). The molecule has 15 heteroatoms. The van der Waals surface area contributed by atoms with Crippen molar-refractivity contribution in [2.75, 3.05) is 11.5 Å². The fourth-order valence-corrected chi connectivity index (χ4v) is 8.48. The second-order valence-electron chi connectivity index (χ2n) is 8.29. The Kier molecular flexibility index (Phi) is 6.96. The highest BCUT2D eigenvalue weighted by Crippen LogP contribution is 2.60. The van der Waals surface area contributed by atoms with E-state index in [4.69, 9.17) is 5.11 Å². The summed E-state index contributed by atoms with van der Waals surface area (Å²) in [7, 11) is -4.31. The number of sulfonamides is 1. The maximum Gasteiger partial charge on any atom is 0.452 e. The quantitative estimate of drug-likeness (QED) is 0.392. The predicted octanol–water partition coefficient (Wildman–Crippen LogP) is 3.40. The molecule has 3 N–H and O–H groups in total. The smallest absolute Gasteiger partial charge is 0.452 e. The zero-order valence-electron chi connectivity index (χ0n) is 18.2. The Balaban J connectivity index is 1.56. The van der Waals surface area contributed by atoms with Gasteiger partial charge in [-0.25, -0.2) is 8.42 Å². The van der Waals surface area contributed by atoms with Gasteiger partial charge in [0.15, 0.2) is 0 Å². The number of rotatable bonds is 10. The van der Waals surface area contributed by atoms with Crippen molar-refractivity contribution in [2.24, 2.45) is 0 Å². The molecule has 2 aromatic rings. The van der Waals surface area contributed by atoms with Crippen LogP contribution in [0.2, 0.25) is 0 Å². The van der Waals surface area contributed by atoms with E-state index >= 15 is 0 Å². The first-order valence-electron chi connectivity index (χ1n) is 10.3. The van der Waals surface area contributed by atoms with Crippen molar-refractivity contribution >= 4 is 50.4 Å². The van der Waals surface area contributed by atoms with E-state index in [1.54, 1.807) is 30.3 Å². The van der Waals surface area contributed by atoms with Crippen molar-refractivity contribution in [3.05, 3.63) is 59.5 Å². The molecule has 0 radical (unpaired) electrons. The average molecular weight is 565 g/mol. The summed E-state index contributed by atoms with van der Waals surface area (Å²) in [5.74, 6) is -4.07. The largest absolute Gasteiger partial charge is 0.481 e. The van der Waals surface area contributed by atoms with Crippen LogP contribution < -0.4 is 4.72 Å². The number of nitrogens with zero attached hydrogens (tertiary/aromatic N) is 1. The third-order valence-corrected chi connectivity index (χ3v) is 10.8. The zero-order chi connectivity index (χ0) is 26.4. The van der Waals surface area contributed by atoms with Crippen LogP contribution in [0, 0.1) is 0 Å². The van der Waals surface area contributed by atoms with Crippen LogP contribution in [0.1, 0.15) is 29.9 Å². The highest BCUT2D eigenvalue weighted by Gasteiger charge is 2.74. The lowest BCUT2D eigenvalue weighted by molar-refractivity contribution is -0.155. The van der Waals surface area contributed by atoms with Crippen LogP contribution in [-0.4, -0.2) is 57.4 Å². The van der Waals surface area contributed by atoms with Gasteiger partial charge in [0.1, 0.15) is 15.8 Å². The fraction of sp³-hybridized carbons (Fsp3) is 0.381. The van der Waals surface area contributed by atoms with E-state index in [-0.39, 0.29) is 34.9 Å². The number of carbonyl (C=O) groups is 2. The molecule has 0 amide bonds. The summed E-state index contributed by atoms with van der Waals surface area (Å²) >= 11 is 1.72. The first-order chi connectivity index (χ1) is 16.8. The second-order valence-corrected chi connectivity index (χ2v) is 12.7. The van der Waals surface area contributed by atoms with Crippen molar-refractivity contribution in [2.45, 2.75) is 34.6 Å². The van der Waals surface area contributed by atoms with E-state index in [1.807, 2.05) is 0 Å². The normalized spacial score (nSPS) is 26.0. The topological polar surface area (TPSA) is 147 Å². The van der Waals surface area contributed by atoms with Crippen molar-refractivity contribution in [1.29, 1.82) is 0 Å². The summed E-state index contributed by atoms with van der Waals surface area (Å²) in [5.41, 5.74) is -2.74. The molecular formula is C21H19F3N2O7S3. The minimum absolute atomic E-state index is 0.0403. The monoisotopic (exact) mass is 564 g/mol. The summed E-state index contributed by atoms with van der Waals surface area (Å²) in [4.78, 5) is 23.6. The molecule has 4 rings (SSSR count). The number of alkyl halides is 3. The van der Waals surface area contributed by atoms with Crippen molar-refractivity contribution < 1.29 is 45.9 Å². The molecule has 3 atom stereocenters. The number of hydrogen-bond donors (Lipinski definition) is 3. The van der Waals surface area contributed by atoms with E-state index < -0.39 is 49.4 Å². The van der Waals surface area contributed by atoms with Crippen molar-refractivity contribution in [3.8, 4) is 0 Å². The average Bonchev–Trinajstić information content (AvgIpc) is 3.19. The molecule has 0 bridgehead atoms. The zero-order valence-corrected chi connectivity index (χ0v) is 20.6. The molecule has 2 aliphatic rings. The van der Waals surface area contributed by atoms with Gasteiger partial charge in [-0.1, -0.05) is 41.6 Å². The van der Waals surface area contributed by atoms with Gasteiger partial charge < -0.3 is 14.7 Å². The number of carboxylic acid groups (broad SMARTS) is 2. The number of benzene rings is 1. The summed E-state index contributed by atoms with van der Waals surface area (Å²) in [6.45, 7) is 0. The van der Waals surface area contributed by atoms with Gasteiger partial charge in [0.25, 0.3) is 0 Å². The van der Waals surface area contributed by atoms with Crippen molar-refractivity contribution in [1.82, 2.24) is 9.88 Å². The van der Waals surface area contributed by atoms with Gasteiger partial charge in [0.2, 0.25) is 15.8 Å². The number of nitrogens with one attached hydrogen (secondary N) is 1. The predicted molar refractivity (Wildman–Crippen MR) is 126 cm³/mol. The lowest BCUT2D eigenvalue weighted by Crippen LogP contribution is -2.51. The summed E-state index contributed by atoms with van der Waals surface area (Å²) in [5, 5.41) is 22.5. The van der Waals surface area contributed by atoms with E-state index in [9.17, 15) is 36.3 Å². The lowest BCUT2D eigenvalue weighted by Gasteiger charge is -2.25. The van der Waals surface area contributed by atoms with Gasteiger partial charge in [-0.15, -0.1) is 23.5 Å². The summed E-state index contributed by atoms with van der Waals surface area (Å²) in [6.07, 6.45) is -3.53. The van der Waals surface area contributed by atoms with Crippen LogP contribution >= 0.6 is 23.5 Å². The number of thioether (sulfide) groups is 2. The molecule has 9 nitrogen and oxygen atoms in total. The molecule has 0 spiro atoms. The number of allylic oxidation sites excluding steroid dienone is 1. The highest BCUT2D eigenvalue weighted by molar-refractivity contribution is 8.18. The van der Waals surface area contributed by atoms with Crippen LogP contribution in [0.25, 0.3) is 4.91 Å². The molecule has 2 heterocycles. The molecule has 1 aromatic heterocycles. The maximum absolute atomic E-state index is 13.3. The van der Waals surface area contributed by atoms with Crippen LogP contribution in [0.5, 0.6) is 0 Å². The van der Waals surface area contributed by atoms with Gasteiger partial charge >= 0.3 is 18.1 Å². The molecular weight excluding hydrogens is 545 g/mol. The minimum Gasteiger partial charge on any atom is -0.481 e. The Labute approximate surface area is 211 Å². The lowest BCUT2D eigenvalue weighted by atomic mass is 9.92. The molecule has 0 saturated heterocycles. The Bertz CT molecular complexity index is 1310. The van der Waals surface area contributed by atoms with Gasteiger partial charge in [-0.3, -0.25) is 9.59 Å². The van der Waals surface area contributed by atoms with Crippen molar-refractivity contribution in [3.63, 3.8) is 0 Å². The second kappa shape index (κ2) is 9.43. The molecule has 1 fully saturated rings. The van der Waals surface area contributed by atoms with E-state index in [1.165, 1.54) is 6.08 Å². The summed E-state index contributed by atoms with van der Waals surface area (Å²) in [6, 6.07) is 9.05. The number of aliphatic carboxylic acids is 2. The van der Waals surface area contributed by atoms with E-state index in [0.717, 1.165) is 23.5 Å². The van der Waals surface area contributed by atoms with Crippen LogP contribution in [0.15, 0.2) is 47.0 Å². The van der Waals surface area contributed by atoms with Gasteiger partial charge in [-0.05, 0) is 18.4 Å². The molecule has 1 aromatic carbocycles. The van der Waals surface area contributed by atoms with Crippen LogP contribution in [0.3, 0.4) is 0 Å². The maximum atomic E-state index is 13.3. The van der Waals surface area contributed by atoms with E-state index in [0.29, 0.717) is 11.6 Å². The Morgan fingerprint density at radius 3 is 2.53 bits per heavy atom. The number of halogens is 3. The molecule has 36 heavy (non-hydrogen) atoms. The molecule has 1 saturated carbocycles. The number of aromatic nitrogens is 1. The van der Waals surface area contributed by atoms with Gasteiger partial charge in [0, 0.05) is 22.1 Å². The Morgan fingerprint density at radius 2 is 1.94 bits per heavy atom. The summed E-state index contributed by atoms with van der Waals surface area (Å²) < 4.78 is 70.4. The number of hydrogen-bond acceptors (Lipinski definition) is 8. The molecule has 1 aliphatic heterocycles. The van der Waals surface area contributed by atoms with Gasteiger partial charge in [-0.2, -0.15) is 17.9 Å². The number of carboxylic acids is 2. The Morgan fingerprint density at radius 1 is 1.25 bits per heavy atom. The third kappa shape index (κ3) is 4.88. The highest BCUT2D eigenvalue weighted by atomic mass is 32.3. The minimum atomic E-state index is -4.75. The van der Waals surface area contributed by atoms with Crippen LogP contribution in [-0.2, 0) is 31.2 Å². The molecule has 3 unspecified atom stereocenters. The first-order valence-corrected chi connectivity index (χ1v) is 13.9. The fourth-order valence-electron chi connectivity index (χ4n) is 4.17. The first kappa shape index (κ1) is 26.6. The Hall–Kier alpha value is -2.49.